The van der Waals surface area contributed by atoms with Gasteiger partial charge in [-0.2, -0.15) is 0 Å². The summed E-state index contributed by atoms with van der Waals surface area (Å²) in [4.78, 5) is 12.0. The first-order chi connectivity index (χ1) is 8.93. The summed E-state index contributed by atoms with van der Waals surface area (Å²) in [5.41, 5.74) is 2.25. The van der Waals surface area contributed by atoms with Crippen molar-refractivity contribution in [3.8, 4) is 5.75 Å². The number of carbonyl (C=O) groups is 1. The van der Waals surface area contributed by atoms with Gasteiger partial charge in [0.15, 0.2) is 6.10 Å². The molecule has 106 valence electrons. The van der Waals surface area contributed by atoms with Crippen LogP contribution in [0.3, 0.4) is 0 Å². The van der Waals surface area contributed by atoms with E-state index in [0.717, 1.165) is 24.2 Å². The minimum atomic E-state index is -0.472. The Balaban J connectivity index is 2.58. The Hall–Kier alpha value is -1.51. The number of rotatable bonds is 6. The third-order valence-corrected chi connectivity index (χ3v) is 3.11. The summed E-state index contributed by atoms with van der Waals surface area (Å²) in [7, 11) is 0. The number of nitrogens with one attached hydrogen (secondary N) is 1. The highest BCUT2D eigenvalue weighted by Gasteiger charge is 2.17. The van der Waals surface area contributed by atoms with Crippen molar-refractivity contribution in [3.63, 3.8) is 0 Å². The number of hydrogen-bond acceptors (Lipinski definition) is 2. The summed E-state index contributed by atoms with van der Waals surface area (Å²) in [5.74, 6) is 0.720. The quantitative estimate of drug-likeness (QED) is 0.854. The predicted molar refractivity (Wildman–Crippen MR) is 78.5 cm³/mol. The highest BCUT2D eigenvalue weighted by molar-refractivity contribution is 5.81. The molecule has 0 aromatic heterocycles. The van der Waals surface area contributed by atoms with Gasteiger partial charge in [-0.15, -0.1) is 0 Å². The lowest BCUT2D eigenvalue weighted by Crippen LogP contribution is -2.41. The van der Waals surface area contributed by atoms with E-state index in [1.54, 1.807) is 6.92 Å². The second-order valence-corrected chi connectivity index (χ2v) is 5.23. The lowest BCUT2D eigenvalue weighted by Gasteiger charge is -2.19. The van der Waals surface area contributed by atoms with Crippen LogP contribution in [0, 0.1) is 13.8 Å². The van der Waals surface area contributed by atoms with Gasteiger partial charge in [0.1, 0.15) is 5.75 Å². The maximum absolute atomic E-state index is 12.0. The Morgan fingerprint density at radius 2 is 2.00 bits per heavy atom. The first-order valence-electron chi connectivity index (χ1n) is 6.98. The van der Waals surface area contributed by atoms with Crippen molar-refractivity contribution in [2.45, 2.75) is 59.6 Å². The molecule has 0 aliphatic rings. The third-order valence-electron chi connectivity index (χ3n) is 3.11. The van der Waals surface area contributed by atoms with Crippen molar-refractivity contribution >= 4 is 5.91 Å². The molecule has 0 saturated carbocycles. The van der Waals surface area contributed by atoms with Crippen molar-refractivity contribution in [3.05, 3.63) is 29.3 Å². The number of benzene rings is 1. The van der Waals surface area contributed by atoms with Crippen LogP contribution in [0.5, 0.6) is 5.75 Å². The molecule has 1 aromatic rings. The number of amides is 1. The number of carbonyl (C=O) groups excluding carboxylic acids is 1. The standard InChI is InChI=1S/C16H25NO2/c1-6-7-13(4)17-16(18)14(5)19-15-9-8-11(2)10-12(15)3/h8-10,13-14H,6-7H2,1-5H3,(H,17,18)/t13-,14-/m0/s1. The molecule has 0 fully saturated rings. The highest BCUT2D eigenvalue weighted by atomic mass is 16.5. The molecular formula is C16H25NO2. The van der Waals surface area contributed by atoms with Crippen molar-refractivity contribution in [1.82, 2.24) is 5.32 Å². The van der Waals surface area contributed by atoms with E-state index >= 15 is 0 Å². The number of ether oxygens (including phenoxy) is 1. The lowest BCUT2D eigenvalue weighted by molar-refractivity contribution is -0.127. The topological polar surface area (TPSA) is 38.3 Å². The zero-order valence-electron chi connectivity index (χ0n) is 12.6. The van der Waals surface area contributed by atoms with Crippen LogP contribution in [0.25, 0.3) is 0 Å². The molecule has 0 radical (unpaired) electrons. The second kappa shape index (κ2) is 7.17. The summed E-state index contributed by atoms with van der Waals surface area (Å²) in [6.45, 7) is 9.95. The Bertz CT molecular complexity index is 429. The van der Waals surface area contributed by atoms with Crippen LogP contribution in [0.1, 0.15) is 44.7 Å². The minimum absolute atomic E-state index is 0.0547. The van der Waals surface area contributed by atoms with E-state index in [9.17, 15) is 4.79 Å². The summed E-state index contributed by atoms with van der Waals surface area (Å²) < 4.78 is 5.73. The van der Waals surface area contributed by atoms with Gasteiger partial charge in [-0.3, -0.25) is 4.79 Å². The van der Waals surface area contributed by atoms with Crippen LogP contribution in [0.2, 0.25) is 0 Å². The van der Waals surface area contributed by atoms with Gasteiger partial charge in [-0.1, -0.05) is 31.0 Å². The predicted octanol–water partition coefficient (Wildman–Crippen LogP) is 3.38. The van der Waals surface area contributed by atoms with E-state index in [4.69, 9.17) is 4.74 Å². The maximum atomic E-state index is 12.0. The van der Waals surface area contributed by atoms with Crippen molar-refractivity contribution in [1.29, 1.82) is 0 Å². The molecule has 3 nitrogen and oxygen atoms in total. The van der Waals surface area contributed by atoms with Gasteiger partial charge < -0.3 is 10.1 Å². The van der Waals surface area contributed by atoms with E-state index in [0.29, 0.717) is 0 Å². The van der Waals surface area contributed by atoms with Crippen LogP contribution < -0.4 is 10.1 Å². The molecule has 0 bridgehead atoms. The summed E-state index contributed by atoms with van der Waals surface area (Å²) in [6, 6.07) is 6.17. The van der Waals surface area contributed by atoms with Gasteiger partial charge in [0.25, 0.3) is 5.91 Å². The van der Waals surface area contributed by atoms with E-state index in [-0.39, 0.29) is 11.9 Å². The zero-order valence-corrected chi connectivity index (χ0v) is 12.6. The second-order valence-electron chi connectivity index (χ2n) is 5.23. The maximum Gasteiger partial charge on any atom is 0.260 e. The average Bonchev–Trinajstić information content (AvgIpc) is 2.32. The Kier molecular flexibility index (Phi) is 5.87. The molecule has 2 atom stereocenters. The SMILES string of the molecule is CCC[C@H](C)NC(=O)[C@H](C)Oc1ccc(C)cc1C. The summed E-state index contributed by atoms with van der Waals surface area (Å²) >= 11 is 0. The molecule has 0 saturated heterocycles. The number of hydrogen-bond donors (Lipinski definition) is 1. The van der Waals surface area contributed by atoms with E-state index in [1.165, 1.54) is 5.56 Å². The van der Waals surface area contributed by atoms with Crippen LogP contribution in [-0.4, -0.2) is 18.1 Å². The lowest BCUT2D eigenvalue weighted by atomic mass is 10.1. The van der Waals surface area contributed by atoms with Crippen molar-refractivity contribution < 1.29 is 9.53 Å². The zero-order chi connectivity index (χ0) is 14.4. The summed E-state index contributed by atoms with van der Waals surface area (Å²) in [6.07, 6.45) is 1.58. The molecule has 0 aliphatic heterocycles. The monoisotopic (exact) mass is 263 g/mol. The number of aryl methyl sites for hydroxylation is 2. The molecule has 0 spiro atoms. The van der Waals surface area contributed by atoms with Gasteiger partial charge >= 0.3 is 0 Å². The van der Waals surface area contributed by atoms with Gasteiger partial charge in [0.2, 0.25) is 0 Å². The van der Waals surface area contributed by atoms with E-state index in [1.807, 2.05) is 32.9 Å². The Labute approximate surface area is 116 Å². The van der Waals surface area contributed by atoms with Crippen molar-refractivity contribution in [2.24, 2.45) is 0 Å². The van der Waals surface area contributed by atoms with E-state index in [2.05, 4.69) is 18.3 Å². The Morgan fingerprint density at radius 3 is 2.58 bits per heavy atom. The molecule has 1 aromatic carbocycles. The fraction of sp³-hybridized carbons (Fsp3) is 0.562. The Morgan fingerprint density at radius 1 is 1.32 bits per heavy atom. The molecule has 1 amide bonds. The van der Waals surface area contributed by atoms with Gasteiger partial charge in [0.05, 0.1) is 0 Å². The smallest absolute Gasteiger partial charge is 0.260 e. The van der Waals surface area contributed by atoms with Gasteiger partial charge in [-0.25, -0.2) is 0 Å². The van der Waals surface area contributed by atoms with Crippen LogP contribution in [-0.2, 0) is 4.79 Å². The largest absolute Gasteiger partial charge is 0.481 e. The molecular weight excluding hydrogens is 238 g/mol. The first kappa shape index (κ1) is 15.5. The molecule has 0 aliphatic carbocycles. The van der Waals surface area contributed by atoms with Crippen molar-refractivity contribution in [2.75, 3.05) is 0 Å². The van der Waals surface area contributed by atoms with Crippen LogP contribution >= 0.6 is 0 Å². The first-order valence-corrected chi connectivity index (χ1v) is 6.98. The normalized spacial score (nSPS) is 13.7. The van der Waals surface area contributed by atoms with Crippen LogP contribution in [0.4, 0.5) is 0 Å². The van der Waals surface area contributed by atoms with Gasteiger partial charge in [-0.05, 0) is 45.7 Å². The molecule has 3 heteroatoms. The fourth-order valence-corrected chi connectivity index (χ4v) is 2.04. The molecule has 1 rings (SSSR count). The summed E-state index contributed by atoms with van der Waals surface area (Å²) in [5, 5.41) is 2.97. The molecule has 1 N–H and O–H groups in total. The average molecular weight is 263 g/mol. The third kappa shape index (κ3) is 4.93. The molecule has 0 heterocycles. The minimum Gasteiger partial charge on any atom is -0.481 e. The highest BCUT2D eigenvalue weighted by Crippen LogP contribution is 2.20. The van der Waals surface area contributed by atoms with E-state index < -0.39 is 6.10 Å². The fourth-order valence-electron chi connectivity index (χ4n) is 2.04. The molecule has 0 unspecified atom stereocenters. The molecule has 19 heavy (non-hydrogen) atoms. The van der Waals surface area contributed by atoms with Crippen LogP contribution in [0.15, 0.2) is 18.2 Å². The van der Waals surface area contributed by atoms with Gasteiger partial charge in [0, 0.05) is 6.04 Å².